The van der Waals surface area contributed by atoms with Crippen LogP contribution in [0.5, 0.6) is 0 Å². The molecule has 0 radical (unpaired) electrons. The highest BCUT2D eigenvalue weighted by Gasteiger charge is 2.45. The van der Waals surface area contributed by atoms with Crippen molar-refractivity contribution in [1.29, 1.82) is 0 Å². The Morgan fingerprint density at radius 3 is 2.41 bits per heavy atom. The van der Waals surface area contributed by atoms with Gasteiger partial charge in [-0.25, -0.2) is 4.39 Å². The maximum Gasteiger partial charge on any atom is 0.291 e. The van der Waals surface area contributed by atoms with Crippen LogP contribution < -0.4 is 5.32 Å². The lowest BCUT2D eigenvalue weighted by molar-refractivity contribution is -0.161. The third-order valence-electron chi connectivity index (χ3n) is 6.82. The molecule has 4 heterocycles. The number of halogens is 3. The average Bonchev–Trinajstić information content (AvgIpc) is 3.41. The van der Waals surface area contributed by atoms with E-state index >= 15 is 0 Å². The molecule has 0 atom stereocenters. The molecule has 34 heavy (non-hydrogen) atoms. The molecule has 2 aliphatic rings. The minimum Gasteiger partial charge on any atom is -0.380 e. The van der Waals surface area contributed by atoms with E-state index in [1.54, 1.807) is 12.1 Å². The van der Waals surface area contributed by atoms with Crippen molar-refractivity contribution in [3.63, 3.8) is 0 Å². The molecule has 0 saturated carbocycles. The maximum atomic E-state index is 14.5. The monoisotopic (exact) mass is 516 g/mol. The van der Waals surface area contributed by atoms with Crippen molar-refractivity contribution in [2.45, 2.75) is 56.8 Å². The van der Waals surface area contributed by atoms with Crippen LogP contribution >= 0.6 is 24.8 Å². The summed E-state index contributed by atoms with van der Waals surface area (Å²) >= 11 is 0. The number of nitrogens with one attached hydrogen (secondary N) is 1. The van der Waals surface area contributed by atoms with Crippen LogP contribution in [0.2, 0.25) is 0 Å². The van der Waals surface area contributed by atoms with Gasteiger partial charge in [0.1, 0.15) is 17.1 Å². The molecule has 3 aromatic rings. The van der Waals surface area contributed by atoms with E-state index in [1.807, 2.05) is 18.7 Å². The van der Waals surface area contributed by atoms with E-state index in [1.165, 1.54) is 10.7 Å². The van der Waals surface area contributed by atoms with Crippen LogP contribution in [-0.2, 0) is 5.60 Å². The third-order valence-corrected chi connectivity index (χ3v) is 6.82. The molecule has 2 aliphatic heterocycles. The summed E-state index contributed by atoms with van der Waals surface area (Å²) in [6.45, 7) is 6.51. The highest BCUT2D eigenvalue weighted by atomic mass is 35.5. The summed E-state index contributed by atoms with van der Waals surface area (Å²) in [6.07, 6.45) is 2.07. The molecule has 0 spiro atoms. The Bertz CT molecular complexity index is 1120. The summed E-state index contributed by atoms with van der Waals surface area (Å²) in [6, 6.07) is 4.80. The zero-order chi connectivity index (χ0) is 22.5. The summed E-state index contributed by atoms with van der Waals surface area (Å²) in [5.41, 5.74) is -0.944. The smallest absolute Gasteiger partial charge is 0.291 e. The van der Waals surface area contributed by atoms with Gasteiger partial charge in [-0.3, -0.25) is 4.90 Å². The second-order valence-electron chi connectivity index (χ2n) is 9.24. The first kappa shape index (κ1) is 26.8. The Balaban J connectivity index is 0.00000162. The molecule has 1 aromatic carbocycles. The zero-order valence-corrected chi connectivity index (χ0v) is 20.8. The van der Waals surface area contributed by atoms with Gasteiger partial charge < -0.3 is 20.1 Å². The lowest BCUT2D eigenvalue weighted by Crippen LogP contribution is -2.58. The highest BCUT2D eigenvalue weighted by molar-refractivity contribution is 5.86. The summed E-state index contributed by atoms with van der Waals surface area (Å²) in [7, 11) is 0. The molecule has 5 rings (SSSR count). The summed E-state index contributed by atoms with van der Waals surface area (Å²) in [5, 5.41) is 34.5. The minimum absolute atomic E-state index is 0. The molecule has 2 aromatic heterocycles. The summed E-state index contributed by atoms with van der Waals surface area (Å²) in [4.78, 5) is 6.48. The number of aliphatic hydroxyl groups is 2. The van der Waals surface area contributed by atoms with E-state index in [0.717, 1.165) is 13.1 Å². The molecular weight excluding hydrogens is 486 g/mol. The molecule has 2 saturated heterocycles. The summed E-state index contributed by atoms with van der Waals surface area (Å²) < 4.78 is 21.5. The molecule has 12 heteroatoms. The van der Waals surface area contributed by atoms with E-state index < -0.39 is 11.3 Å². The number of fused-ring (bicyclic) bond motifs is 1. The molecule has 0 amide bonds. The van der Waals surface area contributed by atoms with Gasteiger partial charge in [-0.2, -0.15) is 14.8 Å². The number of nitrogens with zero attached hydrogens (tertiary/aromatic N) is 5. The predicted molar refractivity (Wildman–Crippen MR) is 129 cm³/mol. The van der Waals surface area contributed by atoms with E-state index in [9.17, 15) is 14.6 Å². The van der Waals surface area contributed by atoms with Crippen molar-refractivity contribution < 1.29 is 19.1 Å². The standard InChI is InChI=1S/C22H29FN6O3.2ClH/c1-14(2)18-17-15(23)4-3-5-16(17)29(26-18)20-25-19(32-27-20)21(30)8-12-28(13-9-21)22(31)6-10-24-11-7-22;;/h3-5,14,24,30-31H,6-13H2,1-2H3;2*1H. The van der Waals surface area contributed by atoms with Crippen LogP contribution in [-0.4, -0.2) is 66.9 Å². The number of aromatic nitrogens is 4. The first-order valence-corrected chi connectivity index (χ1v) is 11.2. The van der Waals surface area contributed by atoms with Crippen molar-refractivity contribution in [1.82, 2.24) is 30.1 Å². The molecule has 9 nitrogen and oxygen atoms in total. The van der Waals surface area contributed by atoms with Gasteiger partial charge in [0, 0.05) is 25.9 Å². The van der Waals surface area contributed by atoms with Gasteiger partial charge in [0.05, 0.1) is 16.6 Å². The third kappa shape index (κ3) is 4.55. The Morgan fingerprint density at radius 2 is 1.76 bits per heavy atom. The molecule has 0 bridgehead atoms. The number of piperidine rings is 2. The fourth-order valence-corrected chi connectivity index (χ4v) is 4.85. The molecule has 188 valence electrons. The first-order chi connectivity index (χ1) is 15.3. The number of rotatable bonds is 4. The van der Waals surface area contributed by atoms with Crippen LogP contribution in [0.15, 0.2) is 22.7 Å². The Labute approximate surface area is 209 Å². The zero-order valence-electron chi connectivity index (χ0n) is 19.2. The second kappa shape index (κ2) is 10.0. The molecule has 3 N–H and O–H groups in total. The van der Waals surface area contributed by atoms with Crippen LogP contribution in [0.25, 0.3) is 16.9 Å². The number of hydrogen-bond donors (Lipinski definition) is 3. The Kier molecular flexibility index (Phi) is 7.91. The summed E-state index contributed by atoms with van der Waals surface area (Å²) in [5.74, 6) is -0.0507. The van der Waals surface area contributed by atoms with Crippen molar-refractivity contribution >= 4 is 35.7 Å². The van der Waals surface area contributed by atoms with Crippen molar-refractivity contribution in [3.05, 3.63) is 35.6 Å². The van der Waals surface area contributed by atoms with Crippen LogP contribution in [0.4, 0.5) is 4.39 Å². The van der Waals surface area contributed by atoms with E-state index in [4.69, 9.17) is 4.52 Å². The lowest BCUT2D eigenvalue weighted by Gasteiger charge is -2.46. The average molecular weight is 517 g/mol. The van der Waals surface area contributed by atoms with E-state index in [0.29, 0.717) is 55.4 Å². The van der Waals surface area contributed by atoms with Gasteiger partial charge in [0.2, 0.25) is 0 Å². The van der Waals surface area contributed by atoms with Crippen LogP contribution in [0, 0.1) is 5.82 Å². The van der Waals surface area contributed by atoms with Gasteiger partial charge in [-0.05, 0) is 49.1 Å². The first-order valence-electron chi connectivity index (χ1n) is 11.2. The maximum absolute atomic E-state index is 14.5. The van der Waals surface area contributed by atoms with Crippen molar-refractivity contribution in [2.24, 2.45) is 0 Å². The fourth-order valence-electron chi connectivity index (χ4n) is 4.85. The van der Waals surface area contributed by atoms with Crippen molar-refractivity contribution in [2.75, 3.05) is 26.2 Å². The largest absolute Gasteiger partial charge is 0.380 e. The second-order valence-corrected chi connectivity index (χ2v) is 9.24. The number of benzene rings is 1. The Morgan fingerprint density at radius 1 is 1.09 bits per heavy atom. The topological polar surface area (TPSA) is 112 Å². The normalized spacial score (nSPS) is 20.2. The van der Waals surface area contributed by atoms with Crippen molar-refractivity contribution in [3.8, 4) is 5.95 Å². The Hall–Kier alpha value is -1.82. The highest BCUT2D eigenvalue weighted by Crippen LogP contribution is 2.36. The molecule has 2 fully saturated rings. The van der Waals surface area contributed by atoms with Crippen LogP contribution in [0.3, 0.4) is 0 Å². The SMILES string of the molecule is CC(C)c1nn(-c2noc(C3(O)CCN(C4(O)CCNCC4)CC3)n2)c2cccc(F)c12.Cl.Cl. The van der Waals surface area contributed by atoms with Gasteiger partial charge in [-0.1, -0.05) is 19.9 Å². The number of likely N-dealkylation sites (tertiary alicyclic amines) is 1. The van der Waals surface area contributed by atoms with Gasteiger partial charge in [0.25, 0.3) is 11.8 Å². The quantitative estimate of drug-likeness (QED) is 0.485. The lowest BCUT2D eigenvalue weighted by atomic mass is 9.88. The number of hydrogen-bond acceptors (Lipinski definition) is 8. The van der Waals surface area contributed by atoms with Crippen LogP contribution in [0.1, 0.15) is 57.0 Å². The van der Waals surface area contributed by atoms with Gasteiger partial charge >= 0.3 is 0 Å². The van der Waals surface area contributed by atoms with E-state index in [-0.39, 0.29) is 48.4 Å². The predicted octanol–water partition coefficient (Wildman–Crippen LogP) is 2.87. The molecule has 0 aliphatic carbocycles. The van der Waals surface area contributed by atoms with Gasteiger partial charge in [0.15, 0.2) is 0 Å². The molecule has 0 unspecified atom stereocenters. The fraction of sp³-hybridized carbons (Fsp3) is 0.591. The van der Waals surface area contributed by atoms with Gasteiger partial charge in [-0.15, -0.1) is 24.8 Å². The minimum atomic E-state index is -1.28. The van der Waals surface area contributed by atoms with E-state index in [2.05, 4.69) is 20.6 Å². The molecular formula is C22H31Cl2FN6O3.